The first-order valence-corrected chi connectivity index (χ1v) is 8.50. The van der Waals surface area contributed by atoms with Crippen molar-refractivity contribution in [3.63, 3.8) is 0 Å². The molecule has 3 N–H and O–H groups in total. The van der Waals surface area contributed by atoms with Crippen molar-refractivity contribution in [2.45, 2.75) is 39.2 Å². The van der Waals surface area contributed by atoms with Crippen molar-refractivity contribution < 1.29 is 9.90 Å². The minimum absolute atomic E-state index is 0.553. The van der Waals surface area contributed by atoms with Gasteiger partial charge in [0.2, 0.25) is 0 Å². The number of aromatic nitrogens is 3. The molecule has 2 heterocycles. The topological polar surface area (TPSA) is 90.9 Å². The summed E-state index contributed by atoms with van der Waals surface area (Å²) in [6, 6.07) is 10.9. The average molecular weight is 338 g/mol. The van der Waals surface area contributed by atoms with Gasteiger partial charge in [0.25, 0.3) is 0 Å². The van der Waals surface area contributed by atoms with Crippen LogP contribution in [0.5, 0.6) is 0 Å². The standard InChI is InChI=1S/C19H22N4O2/c1-3-4-10-15(19(24)25)21-18-14-11-12(2)20-17(14)22-16(23-18)13-8-6-5-7-9-13/h5-9,11,15H,3-4,10H2,1-2H3,(H,24,25)(H2,20,21,22,23). The Morgan fingerprint density at radius 1 is 1.28 bits per heavy atom. The third kappa shape index (κ3) is 3.79. The van der Waals surface area contributed by atoms with Crippen molar-refractivity contribution in [3.8, 4) is 11.4 Å². The number of carbonyl (C=O) groups is 1. The van der Waals surface area contributed by atoms with E-state index in [9.17, 15) is 9.90 Å². The van der Waals surface area contributed by atoms with E-state index in [2.05, 4.69) is 20.3 Å². The highest BCUT2D eigenvalue weighted by molar-refractivity contribution is 5.91. The number of fused-ring (bicyclic) bond motifs is 1. The molecule has 6 nitrogen and oxygen atoms in total. The number of carboxylic acids is 1. The van der Waals surface area contributed by atoms with Crippen LogP contribution in [0.25, 0.3) is 22.4 Å². The van der Waals surface area contributed by atoms with Gasteiger partial charge in [0, 0.05) is 11.3 Å². The van der Waals surface area contributed by atoms with Crippen LogP contribution in [0.15, 0.2) is 36.4 Å². The zero-order chi connectivity index (χ0) is 17.8. The van der Waals surface area contributed by atoms with Crippen LogP contribution in [0.4, 0.5) is 5.82 Å². The Labute approximate surface area is 146 Å². The lowest BCUT2D eigenvalue weighted by Gasteiger charge is -2.16. The smallest absolute Gasteiger partial charge is 0.326 e. The van der Waals surface area contributed by atoms with Gasteiger partial charge in [-0.15, -0.1) is 0 Å². The summed E-state index contributed by atoms with van der Waals surface area (Å²) in [7, 11) is 0. The number of nitrogens with zero attached hydrogens (tertiary/aromatic N) is 2. The van der Waals surface area contributed by atoms with Crippen molar-refractivity contribution in [3.05, 3.63) is 42.1 Å². The van der Waals surface area contributed by atoms with E-state index in [1.165, 1.54) is 0 Å². The van der Waals surface area contributed by atoms with E-state index in [0.717, 1.165) is 29.5 Å². The first kappa shape index (κ1) is 17.0. The fraction of sp³-hybridized carbons (Fsp3) is 0.316. The third-order valence-electron chi connectivity index (χ3n) is 4.11. The zero-order valence-corrected chi connectivity index (χ0v) is 14.4. The quantitative estimate of drug-likeness (QED) is 0.606. The van der Waals surface area contributed by atoms with Gasteiger partial charge in [-0.3, -0.25) is 0 Å². The van der Waals surface area contributed by atoms with Gasteiger partial charge in [0.05, 0.1) is 5.39 Å². The minimum atomic E-state index is -0.867. The minimum Gasteiger partial charge on any atom is -0.480 e. The van der Waals surface area contributed by atoms with Crippen LogP contribution in [-0.2, 0) is 4.79 Å². The van der Waals surface area contributed by atoms with Gasteiger partial charge in [-0.25, -0.2) is 14.8 Å². The number of aryl methyl sites for hydroxylation is 1. The lowest BCUT2D eigenvalue weighted by Crippen LogP contribution is -2.29. The molecule has 3 aromatic rings. The molecule has 1 atom stereocenters. The number of H-pyrrole nitrogens is 1. The molecule has 2 aromatic heterocycles. The second kappa shape index (κ2) is 7.34. The van der Waals surface area contributed by atoms with Crippen LogP contribution in [-0.4, -0.2) is 32.1 Å². The summed E-state index contributed by atoms with van der Waals surface area (Å²) in [5.41, 5.74) is 2.55. The number of nitrogens with one attached hydrogen (secondary N) is 2. The van der Waals surface area contributed by atoms with Crippen LogP contribution >= 0.6 is 0 Å². The van der Waals surface area contributed by atoms with Crippen LogP contribution in [0.1, 0.15) is 31.9 Å². The molecular weight excluding hydrogens is 316 g/mol. The summed E-state index contributed by atoms with van der Waals surface area (Å²) >= 11 is 0. The van der Waals surface area contributed by atoms with Gasteiger partial charge >= 0.3 is 5.97 Å². The largest absolute Gasteiger partial charge is 0.480 e. The molecule has 0 spiro atoms. The highest BCUT2D eigenvalue weighted by Crippen LogP contribution is 2.26. The Morgan fingerprint density at radius 2 is 2.04 bits per heavy atom. The molecule has 3 rings (SSSR count). The summed E-state index contributed by atoms with van der Waals surface area (Å²) in [5, 5.41) is 13.4. The van der Waals surface area contributed by atoms with Gasteiger partial charge in [0.1, 0.15) is 17.5 Å². The van der Waals surface area contributed by atoms with Gasteiger partial charge in [-0.05, 0) is 19.4 Å². The molecule has 130 valence electrons. The molecule has 1 aromatic carbocycles. The summed E-state index contributed by atoms with van der Waals surface area (Å²) in [6.45, 7) is 3.99. The molecule has 6 heteroatoms. The van der Waals surface area contributed by atoms with Crippen molar-refractivity contribution in [2.75, 3.05) is 5.32 Å². The van der Waals surface area contributed by atoms with Crippen LogP contribution in [0.2, 0.25) is 0 Å². The fourth-order valence-corrected chi connectivity index (χ4v) is 2.80. The second-order valence-corrected chi connectivity index (χ2v) is 6.15. The van der Waals surface area contributed by atoms with Crippen molar-refractivity contribution in [1.82, 2.24) is 15.0 Å². The van der Waals surface area contributed by atoms with Gasteiger partial charge < -0.3 is 15.4 Å². The van der Waals surface area contributed by atoms with E-state index in [-0.39, 0.29) is 0 Å². The monoisotopic (exact) mass is 338 g/mol. The summed E-state index contributed by atoms with van der Waals surface area (Å²) in [5.74, 6) is 0.252. The zero-order valence-electron chi connectivity index (χ0n) is 14.4. The summed E-state index contributed by atoms with van der Waals surface area (Å²) in [6.07, 6.45) is 2.35. The Balaban J connectivity index is 2.04. The van der Waals surface area contributed by atoms with E-state index < -0.39 is 12.0 Å². The van der Waals surface area contributed by atoms with E-state index in [0.29, 0.717) is 23.7 Å². The molecule has 0 fully saturated rings. The van der Waals surface area contributed by atoms with E-state index in [4.69, 9.17) is 0 Å². The highest BCUT2D eigenvalue weighted by Gasteiger charge is 2.20. The van der Waals surface area contributed by atoms with Gasteiger partial charge in [0.15, 0.2) is 5.82 Å². The molecular formula is C19H22N4O2. The number of aliphatic carboxylic acids is 1. The maximum atomic E-state index is 11.6. The molecule has 0 radical (unpaired) electrons. The van der Waals surface area contributed by atoms with E-state index >= 15 is 0 Å². The first-order chi connectivity index (χ1) is 12.1. The Bertz CT molecular complexity index is 874. The van der Waals surface area contributed by atoms with Gasteiger partial charge in [-0.1, -0.05) is 50.1 Å². The second-order valence-electron chi connectivity index (χ2n) is 6.15. The molecule has 0 bridgehead atoms. The molecule has 0 amide bonds. The van der Waals surface area contributed by atoms with Crippen molar-refractivity contribution in [2.24, 2.45) is 0 Å². The lowest BCUT2D eigenvalue weighted by molar-refractivity contribution is -0.138. The molecule has 1 unspecified atom stereocenters. The lowest BCUT2D eigenvalue weighted by atomic mass is 10.1. The third-order valence-corrected chi connectivity index (χ3v) is 4.11. The summed E-state index contributed by atoms with van der Waals surface area (Å²) in [4.78, 5) is 24.0. The van der Waals surface area contributed by atoms with Crippen molar-refractivity contribution >= 4 is 22.8 Å². The molecule has 25 heavy (non-hydrogen) atoms. The molecule has 0 saturated heterocycles. The normalized spacial score (nSPS) is 12.2. The van der Waals surface area contributed by atoms with Crippen molar-refractivity contribution in [1.29, 1.82) is 0 Å². The fourth-order valence-electron chi connectivity index (χ4n) is 2.80. The number of rotatable bonds is 7. The molecule has 0 aliphatic heterocycles. The number of unbranched alkanes of at least 4 members (excludes halogenated alkanes) is 1. The predicted octanol–water partition coefficient (Wildman–Crippen LogP) is 3.99. The Kier molecular flexibility index (Phi) is 4.97. The van der Waals surface area contributed by atoms with Crippen LogP contribution in [0, 0.1) is 6.92 Å². The number of aromatic amines is 1. The molecule has 0 aliphatic carbocycles. The summed E-state index contributed by atoms with van der Waals surface area (Å²) < 4.78 is 0. The van der Waals surface area contributed by atoms with E-state index in [1.807, 2.05) is 50.2 Å². The van der Waals surface area contributed by atoms with E-state index in [1.54, 1.807) is 0 Å². The maximum absolute atomic E-state index is 11.6. The van der Waals surface area contributed by atoms with Crippen LogP contribution < -0.4 is 5.32 Å². The Hall–Kier alpha value is -2.89. The number of hydrogen-bond acceptors (Lipinski definition) is 4. The van der Waals surface area contributed by atoms with Gasteiger partial charge in [-0.2, -0.15) is 0 Å². The SMILES string of the molecule is CCCCC(Nc1nc(-c2ccccc2)nc2[nH]c(C)cc12)C(=O)O. The predicted molar refractivity (Wildman–Crippen MR) is 98.6 cm³/mol. The molecule has 0 saturated carbocycles. The average Bonchev–Trinajstić information content (AvgIpc) is 2.99. The van der Waals surface area contributed by atoms with Crippen LogP contribution in [0.3, 0.4) is 0 Å². The first-order valence-electron chi connectivity index (χ1n) is 8.50. The Morgan fingerprint density at radius 3 is 2.72 bits per heavy atom. The number of benzene rings is 1. The number of hydrogen-bond donors (Lipinski definition) is 3. The number of carboxylic acid groups (broad SMARTS) is 1. The molecule has 0 aliphatic rings. The highest BCUT2D eigenvalue weighted by atomic mass is 16.4. The number of anilines is 1. The maximum Gasteiger partial charge on any atom is 0.326 e.